The molecule has 1 aromatic rings. The van der Waals surface area contributed by atoms with Crippen LogP contribution in [0.4, 0.5) is 0 Å². The second-order valence-electron chi connectivity index (χ2n) is 5.25. The fourth-order valence-corrected chi connectivity index (χ4v) is 2.72. The van der Waals surface area contributed by atoms with Crippen molar-refractivity contribution >= 4 is 5.91 Å². The van der Waals surface area contributed by atoms with Crippen molar-refractivity contribution < 1.29 is 4.79 Å². The highest BCUT2D eigenvalue weighted by atomic mass is 16.2. The Morgan fingerprint density at radius 1 is 1.42 bits per heavy atom. The minimum Gasteiger partial charge on any atom is -0.355 e. The number of benzene rings is 1. The van der Waals surface area contributed by atoms with Crippen LogP contribution in [0.25, 0.3) is 0 Å². The largest absolute Gasteiger partial charge is 0.355 e. The molecule has 1 aliphatic rings. The summed E-state index contributed by atoms with van der Waals surface area (Å²) in [4.78, 5) is 13.9. The van der Waals surface area contributed by atoms with E-state index < -0.39 is 0 Å². The molecule has 0 bridgehead atoms. The molecule has 3 N–H and O–H groups in total. The summed E-state index contributed by atoms with van der Waals surface area (Å²) in [6, 6.07) is 8.60. The van der Waals surface area contributed by atoms with Crippen LogP contribution < -0.4 is 11.1 Å². The van der Waals surface area contributed by atoms with Crippen LogP contribution >= 0.6 is 0 Å². The quantitative estimate of drug-likeness (QED) is 0.846. The van der Waals surface area contributed by atoms with Crippen LogP contribution in [0.3, 0.4) is 0 Å². The molecule has 4 nitrogen and oxygen atoms in total. The van der Waals surface area contributed by atoms with Gasteiger partial charge in [-0.2, -0.15) is 0 Å². The molecule has 2 rings (SSSR count). The molecule has 0 saturated heterocycles. The summed E-state index contributed by atoms with van der Waals surface area (Å²) in [5, 5.41) is 2.91. The SMILES string of the molecule is CCCNC(=O)CN(C)C1CC(N)c2ccccc21. The Balaban J connectivity index is 2.01. The molecule has 1 aliphatic carbocycles. The predicted octanol–water partition coefficient (Wildman–Crippen LogP) is 1.59. The van der Waals surface area contributed by atoms with Gasteiger partial charge in [-0.25, -0.2) is 0 Å². The van der Waals surface area contributed by atoms with Crippen molar-refractivity contribution in [1.29, 1.82) is 0 Å². The summed E-state index contributed by atoms with van der Waals surface area (Å²) in [6.07, 6.45) is 1.85. The van der Waals surface area contributed by atoms with E-state index in [2.05, 4.69) is 29.3 Å². The van der Waals surface area contributed by atoms with Crippen molar-refractivity contribution in [3.8, 4) is 0 Å². The second kappa shape index (κ2) is 6.17. The van der Waals surface area contributed by atoms with Crippen molar-refractivity contribution in [2.75, 3.05) is 20.1 Å². The molecule has 0 spiro atoms. The first-order chi connectivity index (χ1) is 9.13. The summed E-state index contributed by atoms with van der Waals surface area (Å²) in [5.74, 6) is 0.0855. The van der Waals surface area contributed by atoms with Crippen LogP contribution in [-0.2, 0) is 4.79 Å². The number of likely N-dealkylation sites (N-methyl/N-ethyl adjacent to an activating group) is 1. The summed E-state index contributed by atoms with van der Waals surface area (Å²) < 4.78 is 0. The normalized spacial score (nSPS) is 21.5. The maximum atomic E-state index is 11.8. The van der Waals surface area contributed by atoms with Crippen LogP contribution in [0.15, 0.2) is 24.3 Å². The van der Waals surface area contributed by atoms with Crippen molar-refractivity contribution in [2.45, 2.75) is 31.8 Å². The molecule has 0 radical (unpaired) electrons. The first-order valence-electron chi connectivity index (χ1n) is 6.94. The molecule has 0 aliphatic heterocycles. The Kier molecular flexibility index (Phi) is 4.56. The summed E-state index contributed by atoms with van der Waals surface area (Å²) in [5.41, 5.74) is 8.64. The lowest BCUT2D eigenvalue weighted by Crippen LogP contribution is -2.37. The Hall–Kier alpha value is -1.39. The first kappa shape index (κ1) is 14.0. The highest BCUT2D eigenvalue weighted by molar-refractivity contribution is 5.78. The zero-order valence-electron chi connectivity index (χ0n) is 11.7. The second-order valence-corrected chi connectivity index (χ2v) is 5.25. The topological polar surface area (TPSA) is 58.4 Å². The lowest BCUT2D eigenvalue weighted by atomic mass is 10.1. The number of amides is 1. The van der Waals surface area contributed by atoms with Crippen molar-refractivity contribution in [3.63, 3.8) is 0 Å². The number of nitrogens with one attached hydrogen (secondary N) is 1. The number of nitrogens with two attached hydrogens (primary N) is 1. The van der Waals surface area contributed by atoms with Crippen LogP contribution in [0, 0.1) is 0 Å². The van der Waals surface area contributed by atoms with Crippen molar-refractivity contribution in [1.82, 2.24) is 10.2 Å². The third-order valence-corrected chi connectivity index (χ3v) is 3.73. The highest BCUT2D eigenvalue weighted by Gasteiger charge is 2.31. The summed E-state index contributed by atoms with van der Waals surface area (Å²) >= 11 is 0. The van der Waals surface area contributed by atoms with Gasteiger partial charge in [0.25, 0.3) is 0 Å². The number of nitrogens with zero attached hydrogens (tertiary/aromatic N) is 1. The van der Waals surface area contributed by atoms with Crippen molar-refractivity contribution in [2.24, 2.45) is 5.73 Å². The third-order valence-electron chi connectivity index (χ3n) is 3.73. The smallest absolute Gasteiger partial charge is 0.234 e. The maximum absolute atomic E-state index is 11.8. The Morgan fingerprint density at radius 3 is 2.79 bits per heavy atom. The Bertz CT molecular complexity index is 447. The molecule has 19 heavy (non-hydrogen) atoms. The number of hydrogen-bond donors (Lipinski definition) is 2. The molecule has 2 unspecified atom stereocenters. The van der Waals surface area contributed by atoms with Crippen LogP contribution in [0.1, 0.15) is 43.0 Å². The van der Waals surface area contributed by atoms with Crippen LogP contribution in [0.5, 0.6) is 0 Å². The number of carbonyl (C=O) groups is 1. The molecule has 0 heterocycles. The van der Waals surface area contributed by atoms with Gasteiger partial charge in [0.15, 0.2) is 0 Å². The van der Waals surface area contributed by atoms with E-state index in [0.717, 1.165) is 19.4 Å². The summed E-state index contributed by atoms with van der Waals surface area (Å²) in [6.45, 7) is 3.22. The molecule has 0 fully saturated rings. The average Bonchev–Trinajstić information content (AvgIpc) is 2.74. The fourth-order valence-electron chi connectivity index (χ4n) is 2.72. The molecule has 104 valence electrons. The third kappa shape index (κ3) is 3.14. The molecule has 2 atom stereocenters. The van der Waals surface area contributed by atoms with Crippen LogP contribution in [-0.4, -0.2) is 30.9 Å². The number of carbonyl (C=O) groups excluding carboxylic acids is 1. The van der Waals surface area contributed by atoms with E-state index in [0.29, 0.717) is 6.54 Å². The minimum atomic E-state index is 0.0855. The lowest BCUT2D eigenvalue weighted by molar-refractivity contribution is -0.122. The van der Waals surface area contributed by atoms with Crippen LogP contribution in [0.2, 0.25) is 0 Å². The van der Waals surface area contributed by atoms with E-state index in [-0.39, 0.29) is 18.0 Å². The number of fused-ring (bicyclic) bond motifs is 1. The molecule has 1 amide bonds. The maximum Gasteiger partial charge on any atom is 0.234 e. The summed E-state index contributed by atoms with van der Waals surface area (Å²) in [7, 11) is 1.99. The van der Waals surface area contributed by atoms with E-state index >= 15 is 0 Å². The predicted molar refractivity (Wildman–Crippen MR) is 76.7 cm³/mol. The van der Waals surface area contributed by atoms with Gasteiger partial charge in [0, 0.05) is 18.6 Å². The van der Waals surface area contributed by atoms with Gasteiger partial charge in [0.05, 0.1) is 6.54 Å². The number of hydrogen-bond acceptors (Lipinski definition) is 3. The molecule has 0 aromatic heterocycles. The van der Waals surface area contributed by atoms with Gasteiger partial charge in [-0.05, 0) is 31.0 Å². The van der Waals surface area contributed by atoms with Gasteiger partial charge in [0.2, 0.25) is 5.91 Å². The standard InChI is InChI=1S/C15H23N3O/c1-3-8-17-15(19)10-18(2)14-9-13(16)11-6-4-5-7-12(11)14/h4-7,13-14H,3,8-10,16H2,1-2H3,(H,17,19). The Morgan fingerprint density at radius 2 is 2.11 bits per heavy atom. The molecule has 4 heteroatoms. The van der Waals surface area contributed by atoms with Gasteiger partial charge in [-0.3, -0.25) is 9.69 Å². The van der Waals surface area contributed by atoms with E-state index in [1.54, 1.807) is 0 Å². The average molecular weight is 261 g/mol. The van der Waals surface area contributed by atoms with Crippen molar-refractivity contribution in [3.05, 3.63) is 35.4 Å². The zero-order chi connectivity index (χ0) is 13.8. The zero-order valence-corrected chi connectivity index (χ0v) is 11.7. The van der Waals surface area contributed by atoms with Gasteiger partial charge in [-0.15, -0.1) is 0 Å². The van der Waals surface area contributed by atoms with E-state index in [1.165, 1.54) is 11.1 Å². The van der Waals surface area contributed by atoms with E-state index in [1.807, 2.05) is 19.2 Å². The monoisotopic (exact) mass is 261 g/mol. The molecular weight excluding hydrogens is 238 g/mol. The van der Waals surface area contributed by atoms with E-state index in [9.17, 15) is 4.79 Å². The molecule has 0 saturated carbocycles. The van der Waals surface area contributed by atoms with Gasteiger partial charge in [0.1, 0.15) is 0 Å². The minimum absolute atomic E-state index is 0.0855. The molecule has 1 aromatic carbocycles. The fraction of sp³-hybridized carbons (Fsp3) is 0.533. The number of rotatable bonds is 5. The van der Waals surface area contributed by atoms with E-state index in [4.69, 9.17) is 5.73 Å². The molecular formula is C15H23N3O. The highest BCUT2D eigenvalue weighted by Crippen LogP contribution is 2.39. The van der Waals surface area contributed by atoms with Gasteiger partial charge in [-0.1, -0.05) is 31.2 Å². The lowest BCUT2D eigenvalue weighted by Gasteiger charge is -2.24. The van der Waals surface area contributed by atoms with Gasteiger partial charge < -0.3 is 11.1 Å². The Labute approximate surface area is 115 Å². The first-order valence-corrected chi connectivity index (χ1v) is 6.94. The van der Waals surface area contributed by atoms with Gasteiger partial charge >= 0.3 is 0 Å².